The van der Waals surface area contributed by atoms with Crippen LogP contribution in [0.3, 0.4) is 0 Å². The predicted octanol–water partition coefficient (Wildman–Crippen LogP) is 3.18. The van der Waals surface area contributed by atoms with Crippen molar-refractivity contribution in [1.29, 1.82) is 0 Å². The standard InChI is InChI=1S/C25H26N4O3/c1-31-22-10-18-8-9-28(13-19(18)11-23(22)32-2)25(30)20-14-29(15-20)24-12-21(26-16-27-24)17-6-4-3-5-7-17/h3-7,10-12,16,20H,8-9,13-15H2,1-2H3. The molecule has 32 heavy (non-hydrogen) atoms. The van der Waals surface area contributed by atoms with Crippen molar-refractivity contribution in [2.75, 3.05) is 38.8 Å². The molecule has 2 aromatic carbocycles. The molecule has 0 aliphatic carbocycles. The number of hydrogen-bond donors (Lipinski definition) is 0. The Morgan fingerprint density at radius 3 is 2.41 bits per heavy atom. The van der Waals surface area contributed by atoms with Crippen LogP contribution in [0.4, 0.5) is 5.82 Å². The van der Waals surface area contributed by atoms with Crippen molar-refractivity contribution < 1.29 is 14.3 Å². The minimum absolute atomic E-state index is 0.00756. The van der Waals surface area contributed by atoms with E-state index in [1.54, 1.807) is 20.5 Å². The van der Waals surface area contributed by atoms with Crippen LogP contribution in [0.5, 0.6) is 11.5 Å². The summed E-state index contributed by atoms with van der Waals surface area (Å²) in [5.74, 6) is 2.50. The third kappa shape index (κ3) is 3.75. The lowest BCUT2D eigenvalue weighted by atomic mass is 9.94. The molecule has 3 aromatic rings. The number of rotatable bonds is 5. The highest BCUT2D eigenvalue weighted by Gasteiger charge is 2.37. The maximum atomic E-state index is 13.1. The number of benzene rings is 2. The molecule has 2 aliphatic rings. The average molecular weight is 431 g/mol. The van der Waals surface area contributed by atoms with E-state index in [1.165, 1.54) is 5.56 Å². The molecule has 164 valence electrons. The summed E-state index contributed by atoms with van der Waals surface area (Å²) in [6.45, 7) is 2.69. The summed E-state index contributed by atoms with van der Waals surface area (Å²) in [5.41, 5.74) is 4.30. The molecule has 2 aliphatic heterocycles. The zero-order valence-corrected chi connectivity index (χ0v) is 18.3. The first-order valence-electron chi connectivity index (χ1n) is 10.8. The second kappa shape index (κ2) is 8.49. The van der Waals surface area contributed by atoms with Gasteiger partial charge in [0.2, 0.25) is 5.91 Å². The molecule has 0 bridgehead atoms. The Hall–Kier alpha value is -3.61. The molecule has 0 radical (unpaired) electrons. The zero-order chi connectivity index (χ0) is 22.1. The number of amides is 1. The van der Waals surface area contributed by atoms with E-state index < -0.39 is 0 Å². The van der Waals surface area contributed by atoms with E-state index in [4.69, 9.17) is 9.47 Å². The van der Waals surface area contributed by atoms with Crippen molar-refractivity contribution in [3.05, 3.63) is 66.0 Å². The van der Waals surface area contributed by atoms with Gasteiger partial charge in [-0.25, -0.2) is 9.97 Å². The SMILES string of the molecule is COc1cc2c(cc1OC)CN(C(=O)C1CN(c3cc(-c4ccccc4)ncn3)C1)CC2. The van der Waals surface area contributed by atoms with Gasteiger partial charge in [-0.05, 0) is 29.7 Å². The van der Waals surface area contributed by atoms with Crippen LogP contribution in [0.1, 0.15) is 11.1 Å². The lowest BCUT2D eigenvalue weighted by Crippen LogP contribution is -2.55. The molecule has 1 saturated heterocycles. The Morgan fingerprint density at radius 2 is 1.69 bits per heavy atom. The summed E-state index contributed by atoms with van der Waals surface area (Å²) < 4.78 is 10.8. The first-order valence-corrected chi connectivity index (χ1v) is 10.8. The Labute approximate surface area is 187 Å². The molecule has 5 rings (SSSR count). The predicted molar refractivity (Wildman–Crippen MR) is 122 cm³/mol. The summed E-state index contributed by atoms with van der Waals surface area (Å²) in [5, 5.41) is 0. The summed E-state index contributed by atoms with van der Waals surface area (Å²) in [7, 11) is 3.28. The quantitative estimate of drug-likeness (QED) is 0.619. The van der Waals surface area contributed by atoms with Gasteiger partial charge in [-0.1, -0.05) is 30.3 Å². The summed E-state index contributed by atoms with van der Waals surface area (Å²) >= 11 is 0. The first-order chi connectivity index (χ1) is 15.7. The van der Waals surface area contributed by atoms with E-state index in [1.807, 2.05) is 53.4 Å². The molecule has 0 N–H and O–H groups in total. The number of nitrogens with zero attached hydrogens (tertiary/aromatic N) is 4. The van der Waals surface area contributed by atoms with Gasteiger partial charge in [0.25, 0.3) is 0 Å². The van der Waals surface area contributed by atoms with Gasteiger partial charge in [0.15, 0.2) is 11.5 Å². The van der Waals surface area contributed by atoms with Crippen molar-refractivity contribution in [2.24, 2.45) is 5.92 Å². The van der Waals surface area contributed by atoms with Crippen LogP contribution in [-0.4, -0.2) is 54.6 Å². The fourth-order valence-electron chi connectivity index (χ4n) is 4.44. The largest absolute Gasteiger partial charge is 0.493 e. The van der Waals surface area contributed by atoms with Gasteiger partial charge in [0.1, 0.15) is 12.1 Å². The van der Waals surface area contributed by atoms with Gasteiger partial charge in [0.05, 0.1) is 25.8 Å². The van der Waals surface area contributed by atoms with Gasteiger partial charge < -0.3 is 19.3 Å². The third-order valence-corrected chi connectivity index (χ3v) is 6.31. The number of hydrogen-bond acceptors (Lipinski definition) is 6. The number of anilines is 1. The summed E-state index contributed by atoms with van der Waals surface area (Å²) in [6, 6.07) is 16.1. The monoisotopic (exact) mass is 430 g/mol. The van der Waals surface area contributed by atoms with E-state index in [0.717, 1.165) is 41.4 Å². The van der Waals surface area contributed by atoms with E-state index in [9.17, 15) is 4.79 Å². The summed E-state index contributed by atoms with van der Waals surface area (Å²) in [6.07, 6.45) is 2.42. The maximum absolute atomic E-state index is 13.1. The molecule has 1 aromatic heterocycles. The fourth-order valence-corrected chi connectivity index (χ4v) is 4.44. The fraction of sp³-hybridized carbons (Fsp3) is 0.320. The molecular formula is C25H26N4O3. The van der Waals surface area contributed by atoms with Gasteiger partial charge in [-0.15, -0.1) is 0 Å². The highest BCUT2D eigenvalue weighted by Crippen LogP contribution is 2.34. The smallest absolute Gasteiger partial charge is 0.229 e. The van der Waals surface area contributed by atoms with Gasteiger partial charge in [-0.2, -0.15) is 0 Å². The van der Waals surface area contributed by atoms with Crippen LogP contribution in [-0.2, 0) is 17.8 Å². The third-order valence-electron chi connectivity index (χ3n) is 6.31. The molecule has 0 spiro atoms. The van der Waals surface area contributed by atoms with E-state index in [2.05, 4.69) is 14.9 Å². The molecule has 7 heteroatoms. The van der Waals surface area contributed by atoms with Crippen LogP contribution in [0.2, 0.25) is 0 Å². The molecule has 1 fully saturated rings. The Morgan fingerprint density at radius 1 is 0.969 bits per heavy atom. The molecule has 0 saturated carbocycles. The topological polar surface area (TPSA) is 67.8 Å². The number of ether oxygens (including phenoxy) is 2. The van der Waals surface area contributed by atoms with Crippen molar-refractivity contribution in [3.63, 3.8) is 0 Å². The number of methoxy groups -OCH3 is 2. The average Bonchev–Trinajstić information content (AvgIpc) is 2.82. The van der Waals surface area contributed by atoms with Crippen molar-refractivity contribution in [3.8, 4) is 22.8 Å². The van der Waals surface area contributed by atoms with Crippen LogP contribution < -0.4 is 14.4 Å². The molecule has 1 amide bonds. The number of carbonyl (C=O) groups is 1. The van der Waals surface area contributed by atoms with Gasteiger partial charge in [0, 0.05) is 37.8 Å². The lowest BCUT2D eigenvalue weighted by Gasteiger charge is -2.42. The number of carbonyl (C=O) groups excluding carboxylic acids is 1. The molecule has 0 atom stereocenters. The molecule has 7 nitrogen and oxygen atoms in total. The van der Waals surface area contributed by atoms with Crippen LogP contribution >= 0.6 is 0 Å². The van der Waals surface area contributed by atoms with Crippen LogP contribution in [0.15, 0.2) is 54.9 Å². The minimum atomic E-state index is -0.00756. The van der Waals surface area contributed by atoms with E-state index in [-0.39, 0.29) is 11.8 Å². The lowest BCUT2D eigenvalue weighted by molar-refractivity contribution is -0.137. The van der Waals surface area contributed by atoms with Crippen molar-refractivity contribution in [2.45, 2.75) is 13.0 Å². The normalized spacial score (nSPS) is 15.7. The second-order valence-electron chi connectivity index (χ2n) is 8.22. The first kappa shape index (κ1) is 20.3. The number of aromatic nitrogens is 2. The van der Waals surface area contributed by atoms with Gasteiger partial charge in [-0.3, -0.25) is 4.79 Å². The second-order valence-corrected chi connectivity index (χ2v) is 8.22. The number of fused-ring (bicyclic) bond motifs is 1. The Kier molecular flexibility index (Phi) is 5.39. The van der Waals surface area contributed by atoms with E-state index in [0.29, 0.717) is 25.4 Å². The molecule has 0 unspecified atom stereocenters. The molecule has 3 heterocycles. The van der Waals surface area contributed by atoms with Crippen molar-refractivity contribution >= 4 is 11.7 Å². The highest BCUT2D eigenvalue weighted by atomic mass is 16.5. The van der Waals surface area contributed by atoms with Gasteiger partial charge >= 0.3 is 0 Å². The summed E-state index contributed by atoms with van der Waals surface area (Å²) in [4.78, 5) is 26.1. The van der Waals surface area contributed by atoms with Crippen LogP contribution in [0, 0.1) is 5.92 Å². The van der Waals surface area contributed by atoms with Crippen molar-refractivity contribution in [1.82, 2.24) is 14.9 Å². The van der Waals surface area contributed by atoms with E-state index >= 15 is 0 Å². The Bertz CT molecular complexity index is 1130. The minimum Gasteiger partial charge on any atom is -0.493 e. The highest BCUT2D eigenvalue weighted by molar-refractivity contribution is 5.82. The zero-order valence-electron chi connectivity index (χ0n) is 18.3. The molecular weight excluding hydrogens is 404 g/mol. The maximum Gasteiger partial charge on any atom is 0.229 e. The van der Waals surface area contributed by atoms with Crippen LogP contribution in [0.25, 0.3) is 11.3 Å². The Balaban J connectivity index is 1.24.